The second kappa shape index (κ2) is 8.12. The van der Waals surface area contributed by atoms with Crippen molar-refractivity contribution in [3.63, 3.8) is 0 Å². The van der Waals surface area contributed by atoms with Gasteiger partial charge in [-0.05, 0) is 41.7 Å². The minimum Gasteiger partial charge on any atom is -0.493 e. The summed E-state index contributed by atoms with van der Waals surface area (Å²) in [6.45, 7) is 2.12. The van der Waals surface area contributed by atoms with E-state index in [9.17, 15) is 13.5 Å². The Hall–Kier alpha value is -3.45. The lowest BCUT2D eigenvalue weighted by Gasteiger charge is -2.22. The first-order valence-corrected chi connectivity index (χ1v) is 10.9. The van der Waals surface area contributed by atoms with Crippen molar-refractivity contribution in [2.75, 3.05) is 4.31 Å². The Labute approximate surface area is 176 Å². The maximum Gasteiger partial charge on any atom is 0.330 e. The molecule has 2 N–H and O–H groups in total. The molecule has 0 unspecified atom stereocenters. The number of anilines is 1. The van der Waals surface area contributed by atoms with E-state index in [0.717, 1.165) is 32.8 Å². The predicted molar refractivity (Wildman–Crippen MR) is 116 cm³/mol. The van der Waals surface area contributed by atoms with Gasteiger partial charge in [0.2, 0.25) is 5.88 Å². The van der Waals surface area contributed by atoms with Crippen molar-refractivity contribution in [2.45, 2.75) is 20.0 Å². The third-order valence-corrected chi connectivity index (χ3v) is 6.04. The summed E-state index contributed by atoms with van der Waals surface area (Å²) < 4.78 is 34.1. The second-order valence-corrected chi connectivity index (χ2v) is 8.66. The molecule has 1 aliphatic heterocycles. The van der Waals surface area contributed by atoms with Gasteiger partial charge in [-0.3, -0.25) is 0 Å². The highest BCUT2D eigenvalue weighted by Crippen LogP contribution is 2.38. The van der Waals surface area contributed by atoms with E-state index in [1.165, 1.54) is 0 Å². The normalized spacial score (nSPS) is 14.8. The highest BCUT2D eigenvalue weighted by molar-refractivity contribution is 7.91. The van der Waals surface area contributed by atoms with E-state index in [1.807, 2.05) is 79.7 Å². The Balaban J connectivity index is 1.74. The Bertz CT molecular complexity index is 1180. The molecule has 0 aromatic heterocycles. The molecule has 0 bridgehead atoms. The molecule has 1 heterocycles. The molecular weight excluding hydrogens is 400 g/mol. The van der Waals surface area contributed by atoms with Gasteiger partial charge in [0.25, 0.3) is 0 Å². The van der Waals surface area contributed by atoms with E-state index in [-0.39, 0.29) is 0 Å². The first-order valence-electron chi connectivity index (χ1n) is 9.49. The molecular formula is C23H22N2O4S. The van der Waals surface area contributed by atoms with E-state index < -0.39 is 16.1 Å². The van der Waals surface area contributed by atoms with Crippen LogP contribution in [-0.4, -0.2) is 13.5 Å². The van der Waals surface area contributed by atoms with Gasteiger partial charge in [0, 0.05) is 0 Å². The van der Waals surface area contributed by atoms with Gasteiger partial charge in [-0.1, -0.05) is 66.7 Å². The predicted octanol–water partition coefficient (Wildman–Crippen LogP) is 4.18. The number of aliphatic hydroxyl groups is 1. The lowest BCUT2D eigenvalue weighted by Crippen LogP contribution is -2.30. The molecule has 0 amide bonds. The van der Waals surface area contributed by atoms with Gasteiger partial charge in [0.05, 0.1) is 6.20 Å². The molecule has 154 valence electrons. The standard InChI is InChI=1S/C23H22N2O4S/c1-17-12-20(13-18-8-4-2-5-9-18)14-21(29-16-19-10-6-3-7-11-19)23(17)25-15-22(26)24-30(25,27)28/h2-12,14-15,24,26H,13,16H2,1H3. The molecule has 3 aromatic rings. The topological polar surface area (TPSA) is 78.9 Å². The average molecular weight is 423 g/mol. The summed E-state index contributed by atoms with van der Waals surface area (Å²) in [6.07, 6.45) is 1.83. The quantitative estimate of drug-likeness (QED) is 0.625. The Morgan fingerprint density at radius 2 is 1.57 bits per heavy atom. The fourth-order valence-electron chi connectivity index (χ4n) is 3.45. The molecule has 30 heavy (non-hydrogen) atoms. The SMILES string of the molecule is Cc1cc(Cc2ccccc2)cc(OCc2ccccc2)c1N1C=C(O)NS1(=O)=O. The largest absolute Gasteiger partial charge is 0.493 e. The number of aryl methyl sites for hydroxylation is 1. The number of hydrogen-bond acceptors (Lipinski definition) is 4. The van der Waals surface area contributed by atoms with E-state index in [4.69, 9.17) is 4.74 Å². The molecule has 4 rings (SSSR count). The van der Waals surface area contributed by atoms with Crippen molar-refractivity contribution in [2.24, 2.45) is 0 Å². The van der Waals surface area contributed by atoms with Crippen molar-refractivity contribution >= 4 is 15.9 Å². The van der Waals surface area contributed by atoms with Crippen LogP contribution in [0, 0.1) is 6.92 Å². The zero-order valence-electron chi connectivity index (χ0n) is 16.4. The summed E-state index contributed by atoms with van der Waals surface area (Å²) in [5.74, 6) is -0.00196. The van der Waals surface area contributed by atoms with E-state index in [0.29, 0.717) is 24.5 Å². The zero-order chi connectivity index (χ0) is 21.1. The van der Waals surface area contributed by atoms with Gasteiger partial charge in [-0.25, -0.2) is 9.03 Å². The molecule has 0 fully saturated rings. The van der Waals surface area contributed by atoms with Crippen molar-refractivity contribution in [1.29, 1.82) is 0 Å². The van der Waals surface area contributed by atoms with Gasteiger partial charge in [0.1, 0.15) is 18.0 Å². The monoisotopic (exact) mass is 422 g/mol. The Morgan fingerprint density at radius 3 is 2.17 bits per heavy atom. The minimum absolute atomic E-state index is 0.291. The molecule has 0 atom stereocenters. The number of nitrogens with one attached hydrogen (secondary N) is 1. The smallest absolute Gasteiger partial charge is 0.330 e. The summed E-state index contributed by atoms with van der Waals surface area (Å²) in [6, 6.07) is 23.5. The molecule has 3 aromatic carbocycles. The van der Waals surface area contributed by atoms with Crippen LogP contribution in [-0.2, 0) is 23.2 Å². The number of nitrogens with zero attached hydrogens (tertiary/aromatic N) is 1. The van der Waals surface area contributed by atoms with Crippen molar-refractivity contribution in [3.8, 4) is 5.75 Å². The Morgan fingerprint density at radius 1 is 0.933 bits per heavy atom. The Kier molecular flexibility index (Phi) is 5.37. The average Bonchev–Trinajstić information content (AvgIpc) is 2.99. The first-order chi connectivity index (χ1) is 14.4. The molecule has 1 aliphatic rings. The van der Waals surface area contributed by atoms with Gasteiger partial charge in [0.15, 0.2) is 0 Å². The highest BCUT2D eigenvalue weighted by atomic mass is 32.2. The fourth-order valence-corrected chi connectivity index (χ4v) is 4.58. The van der Waals surface area contributed by atoms with Gasteiger partial charge < -0.3 is 9.84 Å². The number of ether oxygens (including phenoxy) is 1. The zero-order valence-corrected chi connectivity index (χ0v) is 17.3. The van der Waals surface area contributed by atoms with Crippen LogP contribution in [0.2, 0.25) is 0 Å². The molecule has 6 nitrogen and oxygen atoms in total. The summed E-state index contributed by atoms with van der Waals surface area (Å²) in [5, 5.41) is 9.72. The van der Waals surface area contributed by atoms with Crippen LogP contribution < -0.4 is 13.8 Å². The van der Waals surface area contributed by atoms with E-state index in [1.54, 1.807) is 0 Å². The van der Waals surface area contributed by atoms with Crippen LogP contribution >= 0.6 is 0 Å². The molecule has 0 saturated heterocycles. The van der Waals surface area contributed by atoms with Crippen LogP contribution in [0.4, 0.5) is 5.69 Å². The lowest BCUT2D eigenvalue weighted by molar-refractivity contribution is 0.307. The molecule has 0 aliphatic carbocycles. The molecule has 0 spiro atoms. The lowest BCUT2D eigenvalue weighted by atomic mass is 10.0. The first kappa shape index (κ1) is 19.8. The highest BCUT2D eigenvalue weighted by Gasteiger charge is 2.32. The van der Waals surface area contributed by atoms with Crippen LogP contribution in [0.3, 0.4) is 0 Å². The number of aliphatic hydroxyl groups excluding tert-OH is 1. The maximum atomic E-state index is 12.5. The van der Waals surface area contributed by atoms with Crippen molar-refractivity contribution < 1.29 is 18.3 Å². The van der Waals surface area contributed by atoms with Crippen LogP contribution in [0.25, 0.3) is 0 Å². The van der Waals surface area contributed by atoms with Gasteiger partial charge in [-0.15, -0.1) is 0 Å². The third kappa shape index (κ3) is 4.26. The van der Waals surface area contributed by atoms with E-state index >= 15 is 0 Å². The summed E-state index contributed by atoms with van der Waals surface area (Å²) in [7, 11) is -3.93. The summed E-state index contributed by atoms with van der Waals surface area (Å²) in [5.41, 5.74) is 4.22. The molecule has 0 saturated carbocycles. The van der Waals surface area contributed by atoms with Gasteiger partial charge >= 0.3 is 10.2 Å². The number of benzene rings is 3. The van der Waals surface area contributed by atoms with Gasteiger partial charge in [-0.2, -0.15) is 8.42 Å². The number of hydrogen-bond donors (Lipinski definition) is 2. The third-order valence-electron chi connectivity index (χ3n) is 4.77. The van der Waals surface area contributed by atoms with Crippen LogP contribution in [0.1, 0.15) is 22.3 Å². The van der Waals surface area contributed by atoms with Crippen molar-refractivity contribution in [3.05, 3.63) is 107 Å². The number of rotatable bonds is 6. The van der Waals surface area contributed by atoms with Crippen LogP contribution in [0.15, 0.2) is 84.9 Å². The molecule has 7 heteroatoms. The fraction of sp³-hybridized carbons (Fsp3) is 0.130. The van der Waals surface area contributed by atoms with E-state index in [2.05, 4.69) is 4.72 Å². The minimum atomic E-state index is -3.93. The maximum absolute atomic E-state index is 12.5. The molecule has 0 radical (unpaired) electrons. The van der Waals surface area contributed by atoms with Crippen LogP contribution in [0.5, 0.6) is 5.75 Å². The summed E-state index contributed by atoms with van der Waals surface area (Å²) in [4.78, 5) is 0. The summed E-state index contributed by atoms with van der Waals surface area (Å²) >= 11 is 0. The van der Waals surface area contributed by atoms with Crippen molar-refractivity contribution in [1.82, 2.24) is 4.72 Å². The second-order valence-electron chi connectivity index (χ2n) is 7.11.